The molecule has 0 N–H and O–H groups in total. The maximum Gasteiger partial charge on any atom is 0.0839 e. The quantitative estimate of drug-likeness (QED) is 0.486. The SMILES string of the molecule is Cc1ccc2cc(C#CCCl)ccc2n1. The van der Waals surface area contributed by atoms with Crippen molar-refractivity contribution in [2.45, 2.75) is 6.92 Å². The van der Waals surface area contributed by atoms with Gasteiger partial charge in [0.1, 0.15) is 0 Å². The first-order valence-corrected chi connectivity index (χ1v) is 5.25. The van der Waals surface area contributed by atoms with Gasteiger partial charge < -0.3 is 0 Å². The molecule has 1 heterocycles. The average molecular weight is 216 g/mol. The first kappa shape index (κ1) is 10.0. The van der Waals surface area contributed by atoms with Gasteiger partial charge in [-0.2, -0.15) is 0 Å². The van der Waals surface area contributed by atoms with Crippen LogP contribution in [0.3, 0.4) is 0 Å². The van der Waals surface area contributed by atoms with E-state index in [1.165, 1.54) is 0 Å². The van der Waals surface area contributed by atoms with Crippen molar-refractivity contribution in [3.05, 3.63) is 41.6 Å². The van der Waals surface area contributed by atoms with Gasteiger partial charge >= 0.3 is 0 Å². The minimum atomic E-state index is 0.365. The second-order valence-electron chi connectivity index (χ2n) is 3.30. The Labute approximate surface area is 94.1 Å². The van der Waals surface area contributed by atoms with Crippen LogP contribution in [0, 0.1) is 18.8 Å². The monoisotopic (exact) mass is 215 g/mol. The van der Waals surface area contributed by atoms with Crippen molar-refractivity contribution < 1.29 is 0 Å². The fourth-order valence-electron chi connectivity index (χ4n) is 1.44. The van der Waals surface area contributed by atoms with Crippen molar-refractivity contribution in [2.24, 2.45) is 0 Å². The molecule has 74 valence electrons. The van der Waals surface area contributed by atoms with Crippen molar-refractivity contribution in [3.63, 3.8) is 0 Å². The number of nitrogens with zero attached hydrogens (tertiary/aromatic N) is 1. The van der Waals surface area contributed by atoms with E-state index in [4.69, 9.17) is 11.6 Å². The standard InChI is InChI=1S/C13H10ClN/c1-10-4-6-12-9-11(3-2-8-14)5-7-13(12)15-10/h4-7,9H,8H2,1H3. The molecule has 0 aliphatic carbocycles. The Hall–Kier alpha value is -1.52. The molecule has 0 saturated heterocycles. The number of rotatable bonds is 0. The summed E-state index contributed by atoms with van der Waals surface area (Å²) in [6, 6.07) is 10.0. The van der Waals surface area contributed by atoms with E-state index in [9.17, 15) is 0 Å². The maximum atomic E-state index is 5.50. The first-order chi connectivity index (χ1) is 7.29. The summed E-state index contributed by atoms with van der Waals surface area (Å²) in [6.07, 6.45) is 0. The van der Waals surface area contributed by atoms with Crippen molar-refractivity contribution in [2.75, 3.05) is 5.88 Å². The Morgan fingerprint density at radius 1 is 1.27 bits per heavy atom. The molecule has 0 spiro atoms. The molecule has 1 aromatic carbocycles. The van der Waals surface area contributed by atoms with Crippen molar-refractivity contribution in [3.8, 4) is 11.8 Å². The lowest BCUT2D eigenvalue weighted by Crippen LogP contribution is -1.83. The second kappa shape index (κ2) is 4.33. The number of halogens is 1. The summed E-state index contributed by atoms with van der Waals surface area (Å²) in [7, 11) is 0. The minimum absolute atomic E-state index is 0.365. The van der Waals surface area contributed by atoms with E-state index in [2.05, 4.69) is 22.9 Å². The van der Waals surface area contributed by atoms with Crippen LogP contribution >= 0.6 is 11.6 Å². The van der Waals surface area contributed by atoms with Gasteiger partial charge in [0.25, 0.3) is 0 Å². The molecule has 1 nitrogen and oxygen atoms in total. The van der Waals surface area contributed by atoms with Gasteiger partial charge in [-0.05, 0) is 31.2 Å². The van der Waals surface area contributed by atoms with Gasteiger partial charge in [0.2, 0.25) is 0 Å². The summed E-state index contributed by atoms with van der Waals surface area (Å²) in [5.74, 6) is 6.19. The molecule has 0 atom stereocenters. The number of aryl methyl sites for hydroxylation is 1. The highest BCUT2D eigenvalue weighted by atomic mass is 35.5. The lowest BCUT2D eigenvalue weighted by atomic mass is 10.1. The molecule has 15 heavy (non-hydrogen) atoms. The minimum Gasteiger partial charge on any atom is -0.253 e. The molecule has 0 amide bonds. The molecule has 0 fully saturated rings. The highest BCUT2D eigenvalue weighted by Gasteiger charge is 1.95. The van der Waals surface area contributed by atoms with Crippen LogP contribution in [-0.2, 0) is 0 Å². The van der Waals surface area contributed by atoms with Crippen LogP contribution in [0.4, 0.5) is 0 Å². The van der Waals surface area contributed by atoms with Gasteiger partial charge in [0.05, 0.1) is 11.4 Å². The molecule has 0 aliphatic rings. The van der Waals surface area contributed by atoms with Gasteiger partial charge in [0, 0.05) is 16.6 Å². The average Bonchev–Trinajstić information content (AvgIpc) is 2.26. The predicted octanol–water partition coefficient (Wildman–Crippen LogP) is 3.13. The van der Waals surface area contributed by atoms with E-state index >= 15 is 0 Å². The number of fused-ring (bicyclic) bond motifs is 1. The van der Waals surface area contributed by atoms with E-state index in [-0.39, 0.29) is 0 Å². The summed E-state index contributed by atoms with van der Waals surface area (Å²) in [5.41, 5.74) is 3.02. The normalized spacial score (nSPS) is 9.73. The largest absolute Gasteiger partial charge is 0.253 e. The molecule has 0 saturated carbocycles. The van der Waals surface area contributed by atoms with Crippen LogP contribution in [0.5, 0.6) is 0 Å². The van der Waals surface area contributed by atoms with Gasteiger partial charge in [-0.1, -0.05) is 17.9 Å². The topological polar surface area (TPSA) is 12.9 Å². The third-order valence-electron chi connectivity index (χ3n) is 2.13. The van der Waals surface area contributed by atoms with Crippen LogP contribution in [-0.4, -0.2) is 10.9 Å². The Bertz CT molecular complexity index is 549. The molecule has 2 rings (SSSR count). The van der Waals surface area contributed by atoms with E-state index < -0.39 is 0 Å². The fraction of sp³-hybridized carbons (Fsp3) is 0.154. The van der Waals surface area contributed by atoms with Crippen LogP contribution in [0.15, 0.2) is 30.3 Å². The van der Waals surface area contributed by atoms with Crippen LogP contribution in [0.25, 0.3) is 10.9 Å². The first-order valence-electron chi connectivity index (χ1n) is 4.72. The van der Waals surface area contributed by atoms with Crippen molar-refractivity contribution in [1.29, 1.82) is 0 Å². The summed E-state index contributed by atoms with van der Waals surface area (Å²) >= 11 is 5.50. The van der Waals surface area contributed by atoms with E-state index in [1.54, 1.807) is 0 Å². The Morgan fingerprint density at radius 3 is 2.93 bits per heavy atom. The third kappa shape index (κ3) is 2.29. The maximum absolute atomic E-state index is 5.50. The van der Waals surface area contributed by atoms with E-state index in [0.29, 0.717) is 5.88 Å². The zero-order valence-electron chi connectivity index (χ0n) is 8.42. The molecule has 0 unspecified atom stereocenters. The summed E-state index contributed by atoms with van der Waals surface area (Å²) < 4.78 is 0. The molecule has 0 bridgehead atoms. The summed E-state index contributed by atoms with van der Waals surface area (Å²) in [6.45, 7) is 1.99. The van der Waals surface area contributed by atoms with Crippen LogP contribution < -0.4 is 0 Å². The number of alkyl halides is 1. The van der Waals surface area contributed by atoms with Crippen molar-refractivity contribution in [1.82, 2.24) is 4.98 Å². The van der Waals surface area contributed by atoms with Crippen LogP contribution in [0.1, 0.15) is 11.3 Å². The van der Waals surface area contributed by atoms with E-state index in [1.807, 2.05) is 31.2 Å². The lowest BCUT2D eigenvalue weighted by molar-refractivity contribution is 1.25. The zero-order chi connectivity index (χ0) is 10.7. The summed E-state index contributed by atoms with van der Waals surface area (Å²) in [4.78, 5) is 4.42. The Balaban J connectivity index is 2.52. The predicted molar refractivity (Wildman–Crippen MR) is 64.1 cm³/mol. The van der Waals surface area contributed by atoms with Crippen LogP contribution in [0.2, 0.25) is 0 Å². The zero-order valence-corrected chi connectivity index (χ0v) is 9.17. The molecule has 2 heteroatoms. The van der Waals surface area contributed by atoms with Gasteiger partial charge in [0.15, 0.2) is 0 Å². The number of benzene rings is 1. The fourth-order valence-corrected chi connectivity index (χ4v) is 1.51. The highest BCUT2D eigenvalue weighted by molar-refractivity contribution is 6.19. The summed E-state index contributed by atoms with van der Waals surface area (Å²) in [5, 5.41) is 1.11. The van der Waals surface area contributed by atoms with E-state index in [0.717, 1.165) is 22.2 Å². The highest BCUT2D eigenvalue weighted by Crippen LogP contribution is 2.14. The molecule has 2 aromatic rings. The third-order valence-corrected chi connectivity index (χ3v) is 2.26. The number of pyridine rings is 1. The molecular formula is C13H10ClN. The smallest absolute Gasteiger partial charge is 0.0839 e. The molecule has 1 aromatic heterocycles. The lowest BCUT2D eigenvalue weighted by Gasteiger charge is -1.98. The Morgan fingerprint density at radius 2 is 2.13 bits per heavy atom. The molecule has 0 radical (unpaired) electrons. The number of hydrogen-bond donors (Lipinski definition) is 0. The number of aromatic nitrogens is 1. The number of hydrogen-bond acceptors (Lipinski definition) is 1. The van der Waals surface area contributed by atoms with Gasteiger partial charge in [-0.25, -0.2) is 0 Å². The van der Waals surface area contributed by atoms with Gasteiger partial charge in [-0.15, -0.1) is 11.6 Å². The second-order valence-corrected chi connectivity index (χ2v) is 3.56. The Kier molecular flexibility index (Phi) is 2.89. The molecule has 0 aliphatic heterocycles. The van der Waals surface area contributed by atoms with Crippen molar-refractivity contribution >= 4 is 22.5 Å². The van der Waals surface area contributed by atoms with Gasteiger partial charge in [-0.3, -0.25) is 4.98 Å². The molecular weight excluding hydrogens is 206 g/mol.